The Balaban J connectivity index is 2.24. The van der Waals surface area contributed by atoms with Crippen LogP contribution in [0.5, 0.6) is 0 Å². The molecule has 2 rings (SSSR count). The van der Waals surface area contributed by atoms with Gasteiger partial charge in [-0.05, 0) is 36.0 Å². The predicted octanol–water partition coefficient (Wildman–Crippen LogP) is 1.87. The van der Waals surface area contributed by atoms with Gasteiger partial charge in [-0.15, -0.1) is 0 Å². The lowest BCUT2D eigenvalue weighted by atomic mass is 10.2. The van der Waals surface area contributed by atoms with Crippen molar-refractivity contribution in [1.82, 2.24) is 0 Å². The van der Waals surface area contributed by atoms with E-state index in [1.54, 1.807) is 0 Å². The Morgan fingerprint density at radius 1 is 1.33 bits per heavy atom. The molecule has 7 heteroatoms. The number of aliphatic carboxylic acids is 1. The van der Waals surface area contributed by atoms with Crippen LogP contribution in [-0.4, -0.2) is 27.5 Å². The van der Waals surface area contributed by atoms with Crippen molar-refractivity contribution in [3.63, 3.8) is 0 Å². The number of halogens is 1. The van der Waals surface area contributed by atoms with Crippen LogP contribution in [0.3, 0.4) is 0 Å². The molecule has 1 atom stereocenters. The Labute approximate surface area is 106 Å². The van der Waals surface area contributed by atoms with Crippen molar-refractivity contribution in [3.8, 4) is 0 Å². The number of rotatable bonds is 3. The zero-order valence-corrected chi connectivity index (χ0v) is 9.82. The molecule has 1 aromatic carbocycles. The lowest BCUT2D eigenvalue weighted by molar-refractivity contribution is -0.138. The summed E-state index contributed by atoms with van der Waals surface area (Å²) in [6.07, 6.45) is -0.410. The second kappa shape index (κ2) is 4.77. The number of imide groups is 1. The van der Waals surface area contributed by atoms with Crippen molar-refractivity contribution in [2.24, 2.45) is 0 Å². The van der Waals surface area contributed by atoms with Gasteiger partial charge in [0.1, 0.15) is 11.1 Å². The highest BCUT2D eigenvalue weighted by Gasteiger charge is 2.41. The molecule has 1 heterocycles. The number of thioether (sulfide) groups is 1. The van der Waals surface area contributed by atoms with Crippen LogP contribution in [0, 0.1) is 5.82 Å². The van der Waals surface area contributed by atoms with Gasteiger partial charge in [-0.3, -0.25) is 14.4 Å². The smallest absolute Gasteiger partial charge is 0.305 e. The highest BCUT2D eigenvalue weighted by atomic mass is 32.2. The minimum atomic E-state index is -1.14. The highest BCUT2D eigenvalue weighted by molar-refractivity contribution is 8.15. The summed E-state index contributed by atoms with van der Waals surface area (Å²) in [6, 6.07) is 4.86. The third kappa shape index (κ3) is 2.35. The Kier molecular flexibility index (Phi) is 3.33. The molecule has 2 amide bonds. The highest BCUT2D eigenvalue weighted by Crippen LogP contribution is 2.33. The SMILES string of the molecule is O=C(O)C[C@H]1SC(=O)N(c2ccc(F)cc2)C1=O. The van der Waals surface area contributed by atoms with Gasteiger partial charge in [0.05, 0.1) is 12.1 Å². The van der Waals surface area contributed by atoms with E-state index in [1.807, 2.05) is 0 Å². The van der Waals surface area contributed by atoms with E-state index in [0.717, 1.165) is 17.0 Å². The van der Waals surface area contributed by atoms with Crippen molar-refractivity contribution in [3.05, 3.63) is 30.1 Å². The molecule has 1 aromatic rings. The molecule has 1 fully saturated rings. The summed E-state index contributed by atoms with van der Waals surface area (Å²) in [6.45, 7) is 0. The molecule has 1 aliphatic rings. The molecular weight excluding hydrogens is 261 g/mol. The first kappa shape index (κ1) is 12.6. The lowest BCUT2D eigenvalue weighted by Gasteiger charge is -2.13. The van der Waals surface area contributed by atoms with E-state index in [0.29, 0.717) is 11.8 Å². The molecule has 1 aliphatic heterocycles. The fraction of sp³-hybridized carbons (Fsp3) is 0.182. The van der Waals surface area contributed by atoms with Gasteiger partial charge in [0.2, 0.25) is 5.91 Å². The van der Waals surface area contributed by atoms with Crippen LogP contribution in [0.15, 0.2) is 24.3 Å². The standard InChI is InChI=1S/C11H8FNO4S/c12-6-1-3-7(4-2-6)13-10(16)8(5-9(14)15)18-11(13)17/h1-4,8H,5H2,(H,14,15)/t8-/m1/s1. The number of hydrogen-bond acceptors (Lipinski definition) is 4. The molecule has 0 unspecified atom stereocenters. The van der Waals surface area contributed by atoms with Gasteiger partial charge in [-0.2, -0.15) is 0 Å². The fourth-order valence-corrected chi connectivity index (χ4v) is 2.55. The third-order valence-electron chi connectivity index (χ3n) is 2.37. The van der Waals surface area contributed by atoms with E-state index >= 15 is 0 Å². The maximum absolute atomic E-state index is 12.7. The van der Waals surface area contributed by atoms with Gasteiger partial charge in [0, 0.05) is 0 Å². The topological polar surface area (TPSA) is 74.7 Å². The normalized spacial score (nSPS) is 19.4. The zero-order chi connectivity index (χ0) is 13.3. The third-order valence-corrected chi connectivity index (χ3v) is 3.40. The minimum absolute atomic E-state index is 0.242. The average molecular weight is 269 g/mol. The number of anilines is 1. The van der Waals surface area contributed by atoms with Gasteiger partial charge in [-0.1, -0.05) is 0 Å². The first-order valence-corrected chi connectivity index (χ1v) is 5.89. The average Bonchev–Trinajstić information content (AvgIpc) is 2.55. The molecule has 5 nitrogen and oxygen atoms in total. The van der Waals surface area contributed by atoms with Crippen molar-refractivity contribution in [2.75, 3.05) is 4.90 Å². The van der Waals surface area contributed by atoms with Crippen molar-refractivity contribution in [1.29, 1.82) is 0 Å². The van der Waals surface area contributed by atoms with E-state index in [9.17, 15) is 18.8 Å². The predicted molar refractivity (Wildman–Crippen MR) is 62.9 cm³/mol. The Morgan fingerprint density at radius 2 is 1.94 bits per heavy atom. The van der Waals surface area contributed by atoms with Crippen LogP contribution in [0.25, 0.3) is 0 Å². The lowest BCUT2D eigenvalue weighted by Crippen LogP contribution is -2.32. The number of hydrogen-bond donors (Lipinski definition) is 1. The second-order valence-electron chi connectivity index (χ2n) is 3.62. The number of amides is 2. The zero-order valence-electron chi connectivity index (χ0n) is 9.00. The fourth-order valence-electron chi connectivity index (χ4n) is 1.57. The molecule has 0 aromatic heterocycles. The van der Waals surface area contributed by atoms with E-state index < -0.39 is 34.6 Å². The van der Waals surface area contributed by atoms with Crippen LogP contribution >= 0.6 is 11.8 Å². The van der Waals surface area contributed by atoms with E-state index in [-0.39, 0.29) is 5.69 Å². The molecule has 18 heavy (non-hydrogen) atoms. The van der Waals surface area contributed by atoms with Crippen molar-refractivity contribution in [2.45, 2.75) is 11.7 Å². The maximum atomic E-state index is 12.7. The molecule has 0 saturated carbocycles. The quantitative estimate of drug-likeness (QED) is 0.906. The van der Waals surface area contributed by atoms with Crippen LogP contribution < -0.4 is 4.90 Å². The van der Waals surface area contributed by atoms with E-state index in [4.69, 9.17) is 5.11 Å². The molecule has 1 saturated heterocycles. The van der Waals surface area contributed by atoms with Crippen LogP contribution in [-0.2, 0) is 9.59 Å². The second-order valence-corrected chi connectivity index (χ2v) is 4.77. The summed E-state index contributed by atoms with van der Waals surface area (Å²) in [5, 5.41) is 7.17. The van der Waals surface area contributed by atoms with E-state index in [1.165, 1.54) is 12.1 Å². The van der Waals surface area contributed by atoms with Crippen molar-refractivity contribution < 1.29 is 23.9 Å². The number of nitrogens with zero attached hydrogens (tertiary/aromatic N) is 1. The summed E-state index contributed by atoms with van der Waals surface area (Å²) in [7, 11) is 0. The number of carboxylic acids is 1. The summed E-state index contributed by atoms with van der Waals surface area (Å²) in [5.74, 6) is -2.21. The Hall–Kier alpha value is -1.89. The van der Waals surface area contributed by atoms with Gasteiger partial charge in [-0.25, -0.2) is 9.29 Å². The molecular formula is C11H8FNO4S. The number of carbonyl (C=O) groups excluding carboxylic acids is 2. The molecule has 1 N–H and O–H groups in total. The molecule has 0 aliphatic carbocycles. The van der Waals surface area contributed by atoms with Gasteiger partial charge in [0.15, 0.2) is 0 Å². The maximum Gasteiger partial charge on any atom is 0.305 e. The Morgan fingerprint density at radius 3 is 2.50 bits per heavy atom. The summed E-state index contributed by atoms with van der Waals surface area (Å²) >= 11 is 0.672. The van der Waals surface area contributed by atoms with Gasteiger partial charge < -0.3 is 5.11 Å². The summed E-state index contributed by atoms with van der Waals surface area (Å²) in [4.78, 5) is 34.9. The van der Waals surface area contributed by atoms with E-state index in [2.05, 4.69) is 0 Å². The first-order valence-electron chi connectivity index (χ1n) is 5.01. The largest absolute Gasteiger partial charge is 0.481 e. The molecule has 0 spiro atoms. The summed E-state index contributed by atoms with van der Waals surface area (Å²) < 4.78 is 12.7. The Bertz CT molecular complexity index is 516. The number of benzene rings is 1. The van der Waals surface area contributed by atoms with Crippen LogP contribution in [0.1, 0.15) is 6.42 Å². The first-order chi connectivity index (χ1) is 8.49. The summed E-state index contributed by atoms with van der Waals surface area (Å²) in [5.41, 5.74) is 0.242. The van der Waals surface area contributed by atoms with Crippen LogP contribution in [0.2, 0.25) is 0 Å². The molecule has 0 radical (unpaired) electrons. The number of carbonyl (C=O) groups is 3. The molecule has 0 bridgehead atoms. The van der Waals surface area contributed by atoms with Crippen molar-refractivity contribution >= 4 is 34.6 Å². The minimum Gasteiger partial charge on any atom is -0.481 e. The monoisotopic (exact) mass is 269 g/mol. The van der Waals surface area contributed by atoms with Gasteiger partial charge >= 0.3 is 5.97 Å². The molecule has 94 valence electrons. The van der Waals surface area contributed by atoms with Gasteiger partial charge in [0.25, 0.3) is 5.24 Å². The van der Waals surface area contributed by atoms with Crippen LogP contribution in [0.4, 0.5) is 14.9 Å². The number of carboxylic acid groups (broad SMARTS) is 1.